The summed E-state index contributed by atoms with van der Waals surface area (Å²) in [4.78, 5) is 8.35. The quantitative estimate of drug-likeness (QED) is 0.858. The molecule has 3 nitrogen and oxygen atoms in total. The lowest BCUT2D eigenvalue weighted by molar-refractivity contribution is 0.984. The van der Waals surface area contributed by atoms with Gasteiger partial charge in [-0.05, 0) is 41.3 Å². The van der Waals surface area contributed by atoms with Gasteiger partial charge in [-0.3, -0.25) is 0 Å². The molecule has 0 atom stereocenters. The molecule has 1 N–H and O–H groups in total. The first-order valence-corrected chi connectivity index (χ1v) is 5.82. The van der Waals surface area contributed by atoms with Gasteiger partial charge in [0.15, 0.2) is 0 Å². The number of hydrogen-bond acceptors (Lipinski definition) is 4. The Bertz CT molecular complexity index is 394. The first-order valence-electron chi connectivity index (χ1n) is 4.88. The highest BCUT2D eigenvalue weighted by atomic mass is 32.1. The molecule has 0 aliphatic carbocycles. The van der Waals surface area contributed by atoms with Gasteiger partial charge in [-0.15, -0.1) is 0 Å². The largest absolute Gasteiger partial charge is 0.354 e. The molecule has 2 aromatic rings. The topological polar surface area (TPSA) is 37.8 Å². The smallest absolute Gasteiger partial charge is 0.222 e. The minimum Gasteiger partial charge on any atom is -0.354 e. The first-order chi connectivity index (χ1) is 7.34. The van der Waals surface area contributed by atoms with Crippen LogP contribution >= 0.6 is 11.3 Å². The van der Waals surface area contributed by atoms with Crippen LogP contribution in [0.25, 0.3) is 0 Å². The van der Waals surface area contributed by atoms with E-state index in [2.05, 4.69) is 32.1 Å². The van der Waals surface area contributed by atoms with Gasteiger partial charge in [-0.2, -0.15) is 11.3 Å². The molecular weight excluding hydrogens is 206 g/mol. The highest BCUT2D eigenvalue weighted by Gasteiger charge is 1.95. The van der Waals surface area contributed by atoms with Gasteiger partial charge >= 0.3 is 0 Å². The number of rotatable bonds is 4. The molecule has 2 aromatic heterocycles. The van der Waals surface area contributed by atoms with Crippen LogP contribution in [0.3, 0.4) is 0 Å². The molecule has 78 valence electrons. The summed E-state index contributed by atoms with van der Waals surface area (Å²) >= 11 is 1.73. The van der Waals surface area contributed by atoms with E-state index in [9.17, 15) is 0 Å². The van der Waals surface area contributed by atoms with Crippen LogP contribution in [0, 0.1) is 6.92 Å². The summed E-state index contributed by atoms with van der Waals surface area (Å²) in [6, 6.07) is 2.14. The van der Waals surface area contributed by atoms with Crippen molar-refractivity contribution in [1.29, 1.82) is 0 Å². The Morgan fingerprint density at radius 1 is 1.33 bits per heavy atom. The van der Waals surface area contributed by atoms with Gasteiger partial charge in [-0.1, -0.05) is 0 Å². The minimum absolute atomic E-state index is 0.704. The monoisotopic (exact) mass is 219 g/mol. The lowest BCUT2D eigenvalue weighted by Crippen LogP contribution is -2.07. The Hall–Kier alpha value is -1.42. The second-order valence-electron chi connectivity index (χ2n) is 3.39. The molecule has 0 aliphatic heterocycles. The Labute approximate surface area is 93.2 Å². The van der Waals surface area contributed by atoms with Crippen LogP contribution in [0.4, 0.5) is 5.95 Å². The molecule has 0 saturated heterocycles. The zero-order chi connectivity index (χ0) is 10.5. The number of aromatic nitrogens is 2. The molecule has 0 radical (unpaired) electrons. The zero-order valence-electron chi connectivity index (χ0n) is 8.60. The standard InChI is InChI=1S/C11H13N3S/c1-9-6-13-11(14-7-9)12-4-2-10-3-5-15-8-10/h3,5-8H,2,4H2,1H3,(H,12,13,14). The molecule has 0 saturated carbocycles. The fourth-order valence-electron chi connectivity index (χ4n) is 1.24. The summed E-state index contributed by atoms with van der Waals surface area (Å²) in [6.45, 7) is 2.86. The van der Waals surface area contributed by atoms with Crippen molar-refractivity contribution in [3.63, 3.8) is 0 Å². The van der Waals surface area contributed by atoms with E-state index in [4.69, 9.17) is 0 Å². The van der Waals surface area contributed by atoms with Gasteiger partial charge in [-0.25, -0.2) is 9.97 Å². The van der Waals surface area contributed by atoms with E-state index in [1.165, 1.54) is 5.56 Å². The summed E-state index contributed by atoms with van der Waals surface area (Å²) in [5.74, 6) is 0.704. The maximum absolute atomic E-state index is 4.18. The molecule has 0 bridgehead atoms. The molecular formula is C11H13N3S. The average Bonchev–Trinajstić information content (AvgIpc) is 2.74. The van der Waals surface area contributed by atoms with Gasteiger partial charge in [0.05, 0.1) is 0 Å². The van der Waals surface area contributed by atoms with Gasteiger partial charge in [0.1, 0.15) is 0 Å². The number of anilines is 1. The zero-order valence-corrected chi connectivity index (χ0v) is 9.42. The molecule has 4 heteroatoms. The maximum atomic E-state index is 4.18. The maximum Gasteiger partial charge on any atom is 0.222 e. The van der Waals surface area contributed by atoms with Crippen LogP contribution in [-0.4, -0.2) is 16.5 Å². The lowest BCUT2D eigenvalue weighted by Gasteiger charge is -2.03. The number of aryl methyl sites for hydroxylation is 1. The van der Waals surface area contributed by atoms with Crippen molar-refractivity contribution < 1.29 is 0 Å². The normalized spacial score (nSPS) is 10.2. The summed E-state index contributed by atoms with van der Waals surface area (Å²) in [5.41, 5.74) is 2.44. The van der Waals surface area contributed by atoms with Crippen molar-refractivity contribution in [2.24, 2.45) is 0 Å². The van der Waals surface area contributed by atoms with Crippen LogP contribution in [0.2, 0.25) is 0 Å². The minimum atomic E-state index is 0.704. The van der Waals surface area contributed by atoms with Crippen LogP contribution in [-0.2, 0) is 6.42 Å². The third-order valence-corrected chi connectivity index (χ3v) is 2.79. The highest BCUT2D eigenvalue weighted by Crippen LogP contribution is 2.06. The summed E-state index contributed by atoms with van der Waals surface area (Å²) in [6.07, 6.45) is 4.65. The molecule has 0 unspecified atom stereocenters. The number of hydrogen-bond donors (Lipinski definition) is 1. The van der Waals surface area contributed by atoms with Crippen LogP contribution in [0.5, 0.6) is 0 Å². The van der Waals surface area contributed by atoms with E-state index >= 15 is 0 Å². The number of nitrogens with one attached hydrogen (secondary N) is 1. The van der Waals surface area contributed by atoms with Crippen LogP contribution < -0.4 is 5.32 Å². The van der Waals surface area contributed by atoms with Gasteiger partial charge in [0.2, 0.25) is 5.95 Å². The first kappa shape index (κ1) is 10.1. The molecule has 0 amide bonds. The lowest BCUT2D eigenvalue weighted by atomic mass is 10.2. The Kier molecular flexibility index (Phi) is 3.29. The van der Waals surface area contributed by atoms with Crippen molar-refractivity contribution in [3.05, 3.63) is 40.3 Å². The predicted molar refractivity (Wildman–Crippen MR) is 63.3 cm³/mol. The van der Waals surface area contributed by atoms with E-state index < -0.39 is 0 Å². The summed E-state index contributed by atoms with van der Waals surface area (Å²) in [5, 5.41) is 7.45. The van der Waals surface area contributed by atoms with E-state index in [0.717, 1.165) is 18.5 Å². The fourth-order valence-corrected chi connectivity index (χ4v) is 1.94. The number of thiophene rings is 1. The Morgan fingerprint density at radius 2 is 2.13 bits per heavy atom. The van der Waals surface area contributed by atoms with E-state index in [1.54, 1.807) is 11.3 Å². The summed E-state index contributed by atoms with van der Waals surface area (Å²) < 4.78 is 0. The van der Waals surface area contributed by atoms with Crippen LogP contribution in [0.1, 0.15) is 11.1 Å². The Morgan fingerprint density at radius 3 is 2.80 bits per heavy atom. The molecule has 0 aromatic carbocycles. The third kappa shape index (κ3) is 3.02. The molecule has 0 spiro atoms. The fraction of sp³-hybridized carbons (Fsp3) is 0.273. The SMILES string of the molecule is Cc1cnc(NCCc2ccsc2)nc1. The van der Waals surface area contributed by atoms with Gasteiger partial charge in [0.25, 0.3) is 0 Å². The van der Waals surface area contributed by atoms with E-state index in [1.807, 2.05) is 19.3 Å². The number of nitrogens with zero attached hydrogens (tertiary/aromatic N) is 2. The van der Waals surface area contributed by atoms with Gasteiger partial charge < -0.3 is 5.32 Å². The predicted octanol–water partition coefficient (Wildman–Crippen LogP) is 2.50. The third-order valence-electron chi connectivity index (χ3n) is 2.06. The van der Waals surface area contributed by atoms with Crippen molar-refractivity contribution in [2.75, 3.05) is 11.9 Å². The van der Waals surface area contributed by atoms with Crippen molar-refractivity contribution in [1.82, 2.24) is 9.97 Å². The van der Waals surface area contributed by atoms with Crippen molar-refractivity contribution in [2.45, 2.75) is 13.3 Å². The van der Waals surface area contributed by atoms with E-state index in [-0.39, 0.29) is 0 Å². The van der Waals surface area contributed by atoms with Crippen molar-refractivity contribution >= 4 is 17.3 Å². The molecule has 15 heavy (non-hydrogen) atoms. The van der Waals surface area contributed by atoms with Crippen LogP contribution in [0.15, 0.2) is 29.2 Å². The molecule has 0 aliphatic rings. The van der Waals surface area contributed by atoms with Crippen molar-refractivity contribution in [3.8, 4) is 0 Å². The highest BCUT2D eigenvalue weighted by molar-refractivity contribution is 7.07. The molecule has 0 fully saturated rings. The van der Waals surface area contributed by atoms with Gasteiger partial charge in [0, 0.05) is 18.9 Å². The summed E-state index contributed by atoms with van der Waals surface area (Å²) in [7, 11) is 0. The molecule has 2 heterocycles. The second-order valence-corrected chi connectivity index (χ2v) is 4.17. The Balaban J connectivity index is 1.81. The average molecular weight is 219 g/mol. The second kappa shape index (κ2) is 4.89. The molecule has 2 rings (SSSR count). The van der Waals surface area contributed by atoms with E-state index in [0.29, 0.717) is 5.95 Å².